The van der Waals surface area contributed by atoms with Crippen LogP contribution in [0.1, 0.15) is 5.56 Å². The summed E-state index contributed by atoms with van der Waals surface area (Å²) < 4.78 is 13.3. The van der Waals surface area contributed by atoms with Crippen LogP contribution in [0.2, 0.25) is 0 Å². The number of alkyl halides is 1. The van der Waals surface area contributed by atoms with Gasteiger partial charge >= 0.3 is 0 Å². The van der Waals surface area contributed by atoms with Crippen LogP contribution in [0.15, 0.2) is 34.0 Å². The van der Waals surface area contributed by atoms with Crippen molar-refractivity contribution in [2.24, 2.45) is 0 Å². The highest BCUT2D eigenvalue weighted by Crippen LogP contribution is 2.21. The van der Waals surface area contributed by atoms with Gasteiger partial charge in [0.05, 0.1) is 6.10 Å². The van der Waals surface area contributed by atoms with E-state index in [9.17, 15) is 14.3 Å². The van der Waals surface area contributed by atoms with E-state index in [2.05, 4.69) is 4.98 Å². The van der Waals surface area contributed by atoms with Gasteiger partial charge in [0.25, 0.3) is 5.56 Å². The molecule has 0 radical (unpaired) electrons. The second-order valence-corrected chi connectivity index (χ2v) is 6.23. The lowest BCUT2D eigenvalue weighted by Gasteiger charge is -2.14. The number of β-amino-alcohol motifs (C(OH)–C–C–N with tert-alkyl or cyclic N) is 1. The molecular weight excluding hydrogens is 291 g/mol. The van der Waals surface area contributed by atoms with Crippen LogP contribution in [-0.4, -0.2) is 46.6 Å². The monoisotopic (exact) mass is 308 g/mol. The molecule has 1 saturated heterocycles. The normalized spacial score (nSPS) is 23.0. The first kappa shape index (κ1) is 14.6. The van der Waals surface area contributed by atoms with Crippen molar-refractivity contribution < 1.29 is 9.50 Å². The van der Waals surface area contributed by atoms with Gasteiger partial charge in [0.15, 0.2) is 0 Å². The van der Waals surface area contributed by atoms with E-state index >= 15 is 0 Å². The number of aromatic nitrogens is 1. The zero-order valence-electron chi connectivity index (χ0n) is 11.7. The molecule has 2 heterocycles. The van der Waals surface area contributed by atoms with Gasteiger partial charge in [0.1, 0.15) is 6.17 Å². The summed E-state index contributed by atoms with van der Waals surface area (Å²) in [5.74, 6) is 0. The number of aromatic amines is 1. The highest BCUT2D eigenvalue weighted by molar-refractivity contribution is 7.98. The van der Waals surface area contributed by atoms with E-state index in [4.69, 9.17) is 0 Å². The van der Waals surface area contributed by atoms with Crippen molar-refractivity contribution >= 4 is 22.7 Å². The summed E-state index contributed by atoms with van der Waals surface area (Å²) in [6.07, 6.45) is -0.193. The quantitative estimate of drug-likeness (QED) is 0.849. The van der Waals surface area contributed by atoms with Crippen molar-refractivity contribution in [1.29, 1.82) is 0 Å². The fourth-order valence-electron chi connectivity index (χ4n) is 2.66. The number of rotatable bonds is 3. The summed E-state index contributed by atoms with van der Waals surface area (Å²) >= 11 is 1.62. The smallest absolute Gasteiger partial charge is 0.252 e. The standard InChI is InChI=1S/C15H17FN2O2S/c1-21-11-3-2-9-4-10(15(20)17-13(9)5-11)6-18-7-12(16)14(19)8-18/h2-5,12,14,19H,6-8H2,1H3,(H,17,20)/t12-,14-/m1/s1. The molecule has 2 aromatic rings. The lowest BCUT2D eigenvalue weighted by molar-refractivity contribution is 0.115. The molecule has 21 heavy (non-hydrogen) atoms. The molecule has 0 unspecified atom stereocenters. The number of hydrogen-bond acceptors (Lipinski definition) is 4. The van der Waals surface area contributed by atoms with Crippen LogP contribution >= 0.6 is 11.8 Å². The maximum atomic E-state index is 13.3. The van der Waals surface area contributed by atoms with E-state index in [0.29, 0.717) is 12.1 Å². The van der Waals surface area contributed by atoms with Gasteiger partial charge in [-0.3, -0.25) is 9.69 Å². The van der Waals surface area contributed by atoms with Gasteiger partial charge in [-0.2, -0.15) is 0 Å². The topological polar surface area (TPSA) is 56.3 Å². The number of nitrogens with zero attached hydrogens (tertiary/aromatic N) is 1. The Balaban J connectivity index is 1.89. The molecule has 1 aliphatic heterocycles. The van der Waals surface area contributed by atoms with E-state index < -0.39 is 12.3 Å². The predicted molar refractivity (Wildman–Crippen MR) is 82.5 cm³/mol. The molecule has 3 rings (SSSR count). The fourth-order valence-corrected chi connectivity index (χ4v) is 3.10. The van der Waals surface area contributed by atoms with Gasteiger partial charge < -0.3 is 10.1 Å². The minimum absolute atomic E-state index is 0.155. The Labute approximate surface area is 126 Å². The Morgan fingerprint density at radius 2 is 2.24 bits per heavy atom. The minimum Gasteiger partial charge on any atom is -0.389 e. The highest BCUT2D eigenvalue weighted by Gasteiger charge is 2.31. The van der Waals surface area contributed by atoms with Crippen LogP contribution in [0.5, 0.6) is 0 Å². The molecule has 0 amide bonds. The number of nitrogens with one attached hydrogen (secondary N) is 1. The molecule has 1 aromatic carbocycles. The summed E-state index contributed by atoms with van der Waals surface area (Å²) in [6.45, 7) is 0.793. The van der Waals surface area contributed by atoms with Crippen molar-refractivity contribution in [3.8, 4) is 0 Å². The molecule has 0 bridgehead atoms. The van der Waals surface area contributed by atoms with Gasteiger partial charge in [-0.05, 0) is 29.8 Å². The number of hydrogen-bond donors (Lipinski definition) is 2. The molecular formula is C15H17FN2O2S. The molecule has 1 aromatic heterocycles. The molecule has 0 aliphatic carbocycles. The van der Waals surface area contributed by atoms with Crippen molar-refractivity contribution in [3.63, 3.8) is 0 Å². The average Bonchev–Trinajstić information content (AvgIpc) is 2.77. The number of halogens is 1. The van der Waals surface area contributed by atoms with Crippen molar-refractivity contribution in [2.75, 3.05) is 19.3 Å². The number of H-pyrrole nitrogens is 1. The maximum absolute atomic E-state index is 13.3. The first-order valence-corrected chi connectivity index (χ1v) is 8.04. The zero-order chi connectivity index (χ0) is 15.0. The van der Waals surface area contributed by atoms with Gasteiger partial charge in [-0.15, -0.1) is 11.8 Å². The Bertz CT molecular complexity index is 708. The lowest BCUT2D eigenvalue weighted by atomic mass is 10.1. The van der Waals surface area contributed by atoms with Gasteiger partial charge in [-0.25, -0.2) is 4.39 Å². The van der Waals surface area contributed by atoms with Crippen LogP contribution in [0.3, 0.4) is 0 Å². The molecule has 112 valence electrons. The second-order valence-electron chi connectivity index (χ2n) is 5.35. The molecule has 0 saturated carbocycles. The Hall–Kier alpha value is -1.37. The average molecular weight is 308 g/mol. The largest absolute Gasteiger partial charge is 0.389 e. The number of aliphatic hydroxyl groups excluding tert-OH is 1. The third kappa shape index (κ3) is 2.97. The summed E-state index contributed by atoms with van der Waals surface area (Å²) in [5.41, 5.74) is 1.25. The van der Waals surface area contributed by atoms with Crippen LogP contribution in [0.4, 0.5) is 4.39 Å². The van der Waals surface area contributed by atoms with Gasteiger partial charge in [-0.1, -0.05) is 6.07 Å². The van der Waals surface area contributed by atoms with E-state index in [1.165, 1.54) is 0 Å². The molecule has 0 spiro atoms. The van der Waals surface area contributed by atoms with Crippen LogP contribution in [0, 0.1) is 0 Å². The molecule has 2 N–H and O–H groups in total. The molecule has 1 fully saturated rings. The maximum Gasteiger partial charge on any atom is 0.252 e. The van der Waals surface area contributed by atoms with Crippen LogP contribution in [-0.2, 0) is 6.54 Å². The molecule has 4 nitrogen and oxygen atoms in total. The van der Waals surface area contributed by atoms with Crippen molar-refractivity contribution in [3.05, 3.63) is 40.2 Å². The number of pyridine rings is 1. The molecule has 1 aliphatic rings. The summed E-state index contributed by atoms with van der Waals surface area (Å²) in [4.78, 5) is 17.9. The fraction of sp³-hybridized carbons (Fsp3) is 0.400. The summed E-state index contributed by atoms with van der Waals surface area (Å²) in [5, 5.41) is 10.4. The number of thioether (sulfide) groups is 1. The minimum atomic E-state index is -1.23. The number of fused-ring (bicyclic) bond motifs is 1. The highest BCUT2D eigenvalue weighted by atomic mass is 32.2. The third-order valence-electron chi connectivity index (χ3n) is 3.82. The van der Waals surface area contributed by atoms with Crippen molar-refractivity contribution in [2.45, 2.75) is 23.7 Å². The first-order valence-electron chi connectivity index (χ1n) is 6.81. The van der Waals surface area contributed by atoms with E-state index in [-0.39, 0.29) is 18.6 Å². The molecule has 2 atom stereocenters. The SMILES string of the molecule is CSc1ccc2cc(CN3C[C@@H](O)[C@H](F)C3)c(=O)[nH]c2c1. The lowest BCUT2D eigenvalue weighted by Crippen LogP contribution is -2.25. The Morgan fingerprint density at radius 3 is 2.90 bits per heavy atom. The van der Waals surface area contributed by atoms with Crippen molar-refractivity contribution in [1.82, 2.24) is 9.88 Å². The Kier molecular flexibility index (Phi) is 4.01. The van der Waals surface area contributed by atoms with Crippen LogP contribution < -0.4 is 5.56 Å². The number of likely N-dealkylation sites (tertiary alicyclic amines) is 1. The first-order chi connectivity index (χ1) is 10.1. The summed E-state index contributed by atoms with van der Waals surface area (Å²) in [7, 11) is 0. The second kappa shape index (κ2) is 5.79. The zero-order valence-corrected chi connectivity index (χ0v) is 12.5. The van der Waals surface area contributed by atoms with Gasteiger partial charge in [0.2, 0.25) is 0 Å². The van der Waals surface area contributed by atoms with Gasteiger partial charge in [0, 0.05) is 35.6 Å². The van der Waals surface area contributed by atoms with E-state index in [0.717, 1.165) is 15.8 Å². The molecule has 6 heteroatoms. The number of aliphatic hydroxyl groups is 1. The van der Waals surface area contributed by atoms with Crippen LogP contribution in [0.25, 0.3) is 10.9 Å². The third-order valence-corrected chi connectivity index (χ3v) is 4.54. The predicted octanol–water partition coefficient (Wildman–Crippen LogP) is 1.76. The van der Waals surface area contributed by atoms with E-state index in [1.807, 2.05) is 30.5 Å². The summed E-state index contributed by atoms with van der Waals surface area (Å²) in [6, 6.07) is 7.77. The Morgan fingerprint density at radius 1 is 1.43 bits per heavy atom. The number of benzene rings is 1. The van der Waals surface area contributed by atoms with E-state index in [1.54, 1.807) is 16.7 Å².